The van der Waals surface area contributed by atoms with Crippen molar-refractivity contribution in [2.45, 2.75) is 51.1 Å². The Balaban J connectivity index is 1.97. The minimum Gasteiger partial charge on any atom is -0.338 e. The van der Waals surface area contributed by atoms with Gasteiger partial charge in [0.2, 0.25) is 11.8 Å². The molecule has 3 rings (SSSR count). The van der Waals surface area contributed by atoms with E-state index in [1.54, 1.807) is 11.8 Å². The van der Waals surface area contributed by atoms with Crippen LogP contribution in [-0.4, -0.2) is 35.2 Å². The van der Waals surface area contributed by atoms with Gasteiger partial charge in [0.05, 0.1) is 6.04 Å². The number of nitrogens with one attached hydrogen (secondary N) is 1. The van der Waals surface area contributed by atoms with Crippen molar-refractivity contribution in [1.82, 2.24) is 15.5 Å². The molecule has 19 heavy (non-hydrogen) atoms. The second-order valence-electron chi connectivity index (χ2n) is 5.50. The highest BCUT2D eigenvalue weighted by molar-refractivity contribution is 5.96. The first-order chi connectivity index (χ1) is 9.20. The molecule has 0 bridgehead atoms. The summed E-state index contributed by atoms with van der Waals surface area (Å²) in [5.41, 5.74) is 0. The second-order valence-corrected chi connectivity index (χ2v) is 5.50. The summed E-state index contributed by atoms with van der Waals surface area (Å²) in [4.78, 5) is 18.7. The zero-order valence-electron chi connectivity index (χ0n) is 11.4. The standard InChI is InChI=1S/C13H20N4O2/c1-8-15-13(16-19-8)17-11-5-3-4-9(11)6-7-10(14-2)12(17)18/h9-11,14H,3-7H2,1-2H3. The summed E-state index contributed by atoms with van der Waals surface area (Å²) in [6.45, 7) is 1.75. The van der Waals surface area contributed by atoms with Crippen LogP contribution < -0.4 is 10.2 Å². The van der Waals surface area contributed by atoms with Crippen molar-refractivity contribution in [2.75, 3.05) is 11.9 Å². The van der Waals surface area contributed by atoms with E-state index in [2.05, 4.69) is 15.5 Å². The van der Waals surface area contributed by atoms with Crippen molar-refractivity contribution >= 4 is 11.9 Å². The molecule has 2 aliphatic rings. The summed E-state index contributed by atoms with van der Waals surface area (Å²) >= 11 is 0. The molecule has 104 valence electrons. The highest BCUT2D eigenvalue weighted by Gasteiger charge is 2.42. The number of likely N-dealkylation sites (N-methyl/N-ethyl adjacent to an activating group) is 1. The van der Waals surface area contributed by atoms with Crippen molar-refractivity contribution in [1.29, 1.82) is 0 Å². The predicted molar refractivity (Wildman–Crippen MR) is 69.7 cm³/mol. The molecule has 1 N–H and O–H groups in total. The van der Waals surface area contributed by atoms with Crippen molar-refractivity contribution in [3.63, 3.8) is 0 Å². The molecule has 2 heterocycles. The Hall–Kier alpha value is -1.43. The summed E-state index contributed by atoms with van der Waals surface area (Å²) in [7, 11) is 1.84. The summed E-state index contributed by atoms with van der Waals surface area (Å²) in [6.07, 6.45) is 5.40. The number of hydrogen-bond donors (Lipinski definition) is 1. The van der Waals surface area contributed by atoms with E-state index >= 15 is 0 Å². The van der Waals surface area contributed by atoms with E-state index in [4.69, 9.17) is 4.52 Å². The molecule has 1 saturated carbocycles. The van der Waals surface area contributed by atoms with Crippen LogP contribution in [0.15, 0.2) is 4.52 Å². The normalized spacial score (nSPS) is 31.4. The molecular formula is C13H20N4O2. The Morgan fingerprint density at radius 3 is 2.84 bits per heavy atom. The van der Waals surface area contributed by atoms with Crippen LogP contribution in [0.5, 0.6) is 0 Å². The van der Waals surface area contributed by atoms with Crippen LogP contribution in [0.1, 0.15) is 38.0 Å². The average molecular weight is 264 g/mol. The minimum atomic E-state index is -0.135. The van der Waals surface area contributed by atoms with E-state index in [9.17, 15) is 4.79 Å². The van der Waals surface area contributed by atoms with Gasteiger partial charge in [-0.15, -0.1) is 0 Å². The smallest absolute Gasteiger partial charge is 0.273 e. The lowest BCUT2D eigenvalue weighted by Crippen LogP contribution is -2.49. The monoisotopic (exact) mass is 264 g/mol. The number of aryl methyl sites for hydroxylation is 1. The minimum absolute atomic E-state index is 0.0812. The molecule has 1 aromatic rings. The highest BCUT2D eigenvalue weighted by Crippen LogP contribution is 2.37. The van der Waals surface area contributed by atoms with Crippen LogP contribution in [0.2, 0.25) is 0 Å². The lowest BCUT2D eigenvalue weighted by atomic mass is 9.97. The molecule has 2 fully saturated rings. The van der Waals surface area contributed by atoms with E-state index in [1.165, 1.54) is 12.8 Å². The molecule has 1 saturated heterocycles. The Morgan fingerprint density at radius 1 is 1.32 bits per heavy atom. The van der Waals surface area contributed by atoms with E-state index < -0.39 is 0 Å². The van der Waals surface area contributed by atoms with Crippen molar-refractivity contribution in [3.8, 4) is 0 Å². The molecule has 1 aromatic heterocycles. The Kier molecular flexibility index (Phi) is 3.26. The van der Waals surface area contributed by atoms with Crippen LogP contribution in [0, 0.1) is 12.8 Å². The molecule has 6 heteroatoms. The number of nitrogens with zero attached hydrogens (tertiary/aromatic N) is 3. The van der Waals surface area contributed by atoms with Gasteiger partial charge in [0, 0.05) is 13.0 Å². The number of carbonyl (C=O) groups excluding carboxylic acids is 1. The third-order valence-corrected chi connectivity index (χ3v) is 4.39. The second kappa shape index (κ2) is 4.92. The predicted octanol–water partition coefficient (Wildman–Crippen LogP) is 1.26. The number of anilines is 1. The number of rotatable bonds is 2. The van der Waals surface area contributed by atoms with Crippen LogP contribution >= 0.6 is 0 Å². The topological polar surface area (TPSA) is 71.3 Å². The third kappa shape index (κ3) is 2.14. The maximum atomic E-state index is 12.7. The SMILES string of the molecule is CNC1CCC2CCCC2N(c2noc(C)n2)C1=O. The quantitative estimate of drug-likeness (QED) is 0.870. The highest BCUT2D eigenvalue weighted by atomic mass is 16.5. The van der Waals surface area contributed by atoms with Gasteiger partial charge in [-0.05, 0) is 43.8 Å². The summed E-state index contributed by atoms with van der Waals surface area (Å²) in [5.74, 6) is 1.59. The van der Waals surface area contributed by atoms with Gasteiger partial charge in [0.25, 0.3) is 5.95 Å². The van der Waals surface area contributed by atoms with Crippen LogP contribution in [0.4, 0.5) is 5.95 Å². The lowest BCUT2D eigenvalue weighted by molar-refractivity contribution is -0.120. The molecule has 0 radical (unpaired) electrons. The van der Waals surface area contributed by atoms with Gasteiger partial charge in [-0.25, -0.2) is 0 Å². The Bertz CT molecular complexity index is 473. The van der Waals surface area contributed by atoms with E-state index in [-0.39, 0.29) is 18.0 Å². The first kappa shape index (κ1) is 12.6. The summed E-state index contributed by atoms with van der Waals surface area (Å²) in [6, 6.07) is 0.104. The van der Waals surface area contributed by atoms with Gasteiger partial charge < -0.3 is 9.84 Å². The number of carbonyl (C=O) groups is 1. The van der Waals surface area contributed by atoms with Crippen molar-refractivity contribution in [3.05, 3.63) is 5.89 Å². The van der Waals surface area contributed by atoms with E-state index in [1.807, 2.05) is 7.05 Å². The van der Waals surface area contributed by atoms with Gasteiger partial charge in [-0.3, -0.25) is 9.69 Å². The van der Waals surface area contributed by atoms with Crippen LogP contribution in [0.3, 0.4) is 0 Å². The van der Waals surface area contributed by atoms with E-state index in [0.29, 0.717) is 17.8 Å². The fourth-order valence-corrected chi connectivity index (χ4v) is 3.43. The Morgan fingerprint density at radius 2 is 2.16 bits per heavy atom. The van der Waals surface area contributed by atoms with Crippen LogP contribution in [-0.2, 0) is 4.79 Å². The molecular weight excluding hydrogens is 244 g/mol. The molecule has 6 nitrogen and oxygen atoms in total. The molecule has 1 aliphatic carbocycles. The first-order valence-electron chi connectivity index (χ1n) is 7.01. The third-order valence-electron chi connectivity index (χ3n) is 4.39. The fourth-order valence-electron chi connectivity index (χ4n) is 3.43. The van der Waals surface area contributed by atoms with Gasteiger partial charge >= 0.3 is 0 Å². The van der Waals surface area contributed by atoms with E-state index in [0.717, 1.165) is 19.3 Å². The fraction of sp³-hybridized carbons (Fsp3) is 0.769. The maximum Gasteiger partial charge on any atom is 0.273 e. The molecule has 3 atom stereocenters. The van der Waals surface area contributed by atoms with Gasteiger partial charge in [0.15, 0.2) is 0 Å². The largest absolute Gasteiger partial charge is 0.338 e. The Labute approximate surface area is 112 Å². The van der Waals surface area contributed by atoms with Crippen molar-refractivity contribution < 1.29 is 9.32 Å². The number of aromatic nitrogens is 2. The zero-order chi connectivity index (χ0) is 13.4. The molecule has 0 spiro atoms. The number of fused-ring (bicyclic) bond motifs is 1. The van der Waals surface area contributed by atoms with Gasteiger partial charge in [0.1, 0.15) is 0 Å². The van der Waals surface area contributed by atoms with Gasteiger partial charge in [-0.1, -0.05) is 6.42 Å². The number of amides is 1. The van der Waals surface area contributed by atoms with Crippen molar-refractivity contribution in [2.24, 2.45) is 5.92 Å². The summed E-state index contributed by atoms with van der Waals surface area (Å²) in [5, 5.41) is 7.06. The summed E-state index contributed by atoms with van der Waals surface area (Å²) < 4.78 is 5.05. The zero-order valence-corrected chi connectivity index (χ0v) is 11.4. The lowest BCUT2D eigenvalue weighted by Gasteiger charge is -2.28. The van der Waals surface area contributed by atoms with Gasteiger partial charge in [-0.2, -0.15) is 4.98 Å². The average Bonchev–Trinajstić information content (AvgIpc) is 2.99. The maximum absolute atomic E-state index is 12.7. The van der Waals surface area contributed by atoms with Crippen LogP contribution in [0.25, 0.3) is 0 Å². The number of hydrogen-bond acceptors (Lipinski definition) is 5. The molecule has 1 amide bonds. The molecule has 0 aromatic carbocycles. The first-order valence-corrected chi connectivity index (χ1v) is 7.01. The molecule has 3 unspecified atom stereocenters. The molecule has 1 aliphatic heterocycles.